The van der Waals surface area contributed by atoms with Crippen molar-refractivity contribution in [3.8, 4) is 0 Å². The van der Waals surface area contributed by atoms with Crippen molar-refractivity contribution in [1.82, 2.24) is 5.32 Å². The molecule has 4 heteroatoms. The van der Waals surface area contributed by atoms with E-state index in [1.165, 1.54) is 10.5 Å². The number of aliphatic hydroxyl groups is 1. The molecule has 15 heavy (non-hydrogen) atoms. The van der Waals surface area contributed by atoms with Crippen LogP contribution >= 0.6 is 27.7 Å². The Hall–Kier alpha value is -0.0300. The number of nitrogens with one attached hydrogen (secondary N) is 1. The van der Waals surface area contributed by atoms with E-state index in [9.17, 15) is 0 Å². The fraction of sp³-hybridized carbons (Fsp3) is 0.455. The highest BCUT2D eigenvalue weighted by molar-refractivity contribution is 9.10. The highest BCUT2D eigenvalue weighted by Gasteiger charge is 2.05. The maximum Gasteiger partial charge on any atom is 0.0550 e. The van der Waals surface area contributed by atoms with Gasteiger partial charge in [-0.15, -0.1) is 11.8 Å². The minimum absolute atomic E-state index is 0.209. The molecule has 2 nitrogen and oxygen atoms in total. The predicted molar refractivity (Wildman–Crippen MR) is 69.3 cm³/mol. The molecule has 1 rings (SSSR count). The molecule has 1 atom stereocenters. The summed E-state index contributed by atoms with van der Waals surface area (Å²) in [6, 6.07) is 6.30. The van der Waals surface area contributed by atoms with Crippen molar-refractivity contribution in [3.05, 3.63) is 28.2 Å². The smallest absolute Gasteiger partial charge is 0.0550 e. The lowest BCUT2D eigenvalue weighted by molar-refractivity contribution is 0.300. The molecule has 0 saturated heterocycles. The zero-order valence-corrected chi connectivity index (χ0v) is 11.4. The second-order valence-corrected chi connectivity index (χ2v) is 5.76. The molecule has 1 unspecified atom stereocenters. The molecule has 0 radical (unpaired) electrons. The third-order valence-corrected chi connectivity index (χ3v) is 3.80. The maximum absolute atomic E-state index is 8.96. The molecule has 1 aromatic rings. The molecule has 0 saturated carbocycles. The second-order valence-electron chi connectivity index (χ2n) is 3.39. The summed E-state index contributed by atoms with van der Waals surface area (Å²) in [6.07, 6.45) is 0. The van der Waals surface area contributed by atoms with E-state index in [1.54, 1.807) is 11.8 Å². The molecular weight excluding hydrogens is 274 g/mol. The van der Waals surface area contributed by atoms with Crippen LogP contribution in [0, 0.1) is 0 Å². The van der Waals surface area contributed by atoms with Gasteiger partial charge in [0.15, 0.2) is 0 Å². The van der Waals surface area contributed by atoms with E-state index in [4.69, 9.17) is 5.11 Å². The van der Waals surface area contributed by atoms with E-state index in [0.717, 1.165) is 11.0 Å². The van der Waals surface area contributed by atoms with Gasteiger partial charge < -0.3 is 10.4 Å². The fourth-order valence-corrected chi connectivity index (χ4v) is 2.75. The lowest BCUT2D eigenvalue weighted by Gasteiger charge is -2.10. The summed E-state index contributed by atoms with van der Waals surface area (Å²) in [5.74, 6) is 0. The van der Waals surface area contributed by atoms with Crippen LogP contribution in [0.15, 0.2) is 27.6 Å². The van der Waals surface area contributed by atoms with E-state index < -0.39 is 0 Å². The van der Waals surface area contributed by atoms with Gasteiger partial charge in [0.2, 0.25) is 0 Å². The SMILES string of the molecule is CNCc1ccc(SC(C)CO)cc1Br. The number of benzene rings is 1. The summed E-state index contributed by atoms with van der Waals surface area (Å²) in [6.45, 7) is 3.09. The van der Waals surface area contributed by atoms with Crippen LogP contribution in [0.25, 0.3) is 0 Å². The third-order valence-electron chi connectivity index (χ3n) is 1.99. The Labute approximate surface area is 104 Å². The molecule has 2 N–H and O–H groups in total. The van der Waals surface area contributed by atoms with Gasteiger partial charge in [0.25, 0.3) is 0 Å². The van der Waals surface area contributed by atoms with Gasteiger partial charge in [0.1, 0.15) is 0 Å². The van der Waals surface area contributed by atoms with Gasteiger partial charge in [0, 0.05) is 21.2 Å². The molecule has 0 amide bonds. The summed E-state index contributed by atoms with van der Waals surface area (Å²) in [4.78, 5) is 1.18. The minimum Gasteiger partial charge on any atom is -0.395 e. The predicted octanol–water partition coefficient (Wildman–Crippen LogP) is 2.64. The van der Waals surface area contributed by atoms with E-state index in [-0.39, 0.29) is 11.9 Å². The number of hydrogen-bond acceptors (Lipinski definition) is 3. The standard InChI is InChI=1S/C11H16BrNOS/c1-8(7-14)15-10-4-3-9(6-13-2)11(12)5-10/h3-5,8,13-14H,6-7H2,1-2H3. The molecule has 0 aliphatic carbocycles. The topological polar surface area (TPSA) is 32.3 Å². The van der Waals surface area contributed by atoms with Gasteiger partial charge in [-0.05, 0) is 24.7 Å². The highest BCUT2D eigenvalue weighted by Crippen LogP contribution is 2.27. The quantitative estimate of drug-likeness (QED) is 0.818. The molecule has 0 fully saturated rings. The maximum atomic E-state index is 8.96. The lowest BCUT2D eigenvalue weighted by Crippen LogP contribution is -2.06. The van der Waals surface area contributed by atoms with Crippen LogP contribution in [0.4, 0.5) is 0 Å². The van der Waals surface area contributed by atoms with Crippen LogP contribution in [-0.4, -0.2) is 24.0 Å². The first-order valence-corrected chi connectivity index (χ1v) is 6.55. The van der Waals surface area contributed by atoms with Gasteiger partial charge in [0.05, 0.1) is 6.61 Å². The first kappa shape index (κ1) is 13.0. The Balaban J connectivity index is 2.73. The number of rotatable bonds is 5. The van der Waals surface area contributed by atoms with E-state index in [0.29, 0.717) is 0 Å². The van der Waals surface area contributed by atoms with E-state index >= 15 is 0 Å². The van der Waals surface area contributed by atoms with Crippen LogP contribution in [0.3, 0.4) is 0 Å². The molecule has 0 aliphatic heterocycles. The summed E-state index contributed by atoms with van der Waals surface area (Å²) in [5, 5.41) is 12.3. The lowest BCUT2D eigenvalue weighted by atomic mass is 10.2. The molecule has 0 heterocycles. The summed E-state index contributed by atoms with van der Waals surface area (Å²) < 4.78 is 1.12. The average Bonchev–Trinajstić information content (AvgIpc) is 2.22. The molecule has 0 aromatic heterocycles. The average molecular weight is 290 g/mol. The third kappa shape index (κ3) is 4.15. The second kappa shape index (κ2) is 6.53. The van der Waals surface area contributed by atoms with E-state index in [1.807, 2.05) is 14.0 Å². The van der Waals surface area contributed by atoms with Gasteiger partial charge in [-0.3, -0.25) is 0 Å². The summed E-state index contributed by atoms with van der Waals surface area (Å²) >= 11 is 5.23. The Bertz CT molecular complexity index is 319. The first-order valence-electron chi connectivity index (χ1n) is 4.88. The minimum atomic E-state index is 0.209. The van der Waals surface area contributed by atoms with Gasteiger partial charge in [-0.25, -0.2) is 0 Å². The molecule has 84 valence electrons. The molecule has 0 aliphatic rings. The zero-order chi connectivity index (χ0) is 11.3. The molecule has 1 aromatic carbocycles. The van der Waals surface area contributed by atoms with Crippen LogP contribution < -0.4 is 5.32 Å². The van der Waals surface area contributed by atoms with E-state index in [2.05, 4.69) is 39.4 Å². The largest absolute Gasteiger partial charge is 0.395 e. The van der Waals surface area contributed by atoms with Crippen LogP contribution in [0.5, 0.6) is 0 Å². The molecular formula is C11H16BrNOS. The summed E-state index contributed by atoms with van der Waals surface area (Å²) in [5.41, 5.74) is 1.25. The normalized spacial score (nSPS) is 12.8. The molecule has 0 bridgehead atoms. The fourth-order valence-electron chi connectivity index (χ4n) is 1.20. The number of thioether (sulfide) groups is 1. The van der Waals surface area contributed by atoms with Crippen molar-refractivity contribution >= 4 is 27.7 Å². The zero-order valence-electron chi connectivity index (χ0n) is 8.96. The van der Waals surface area contributed by atoms with Gasteiger partial charge in [-0.1, -0.05) is 28.9 Å². The van der Waals surface area contributed by atoms with Crippen molar-refractivity contribution in [2.24, 2.45) is 0 Å². The van der Waals surface area contributed by atoms with Gasteiger partial charge in [-0.2, -0.15) is 0 Å². The van der Waals surface area contributed by atoms with Crippen molar-refractivity contribution in [1.29, 1.82) is 0 Å². The Morgan fingerprint density at radius 2 is 2.27 bits per heavy atom. The van der Waals surface area contributed by atoms with Crippen LogP contribution in [-0.2, 0) is 6.54 Å². The molecule has 0 spiro atoms. The monoisotopic (exact) mass is 289 g/mol. The van der Waals surface area contributed by atoms with Crippen LogP contribution in [0.1, 0.15) is 12.5 Å². The Morgan fingerprint density at radius 1 is 1.53 bits per heavy atom. The number of hydrogen-bond donors (Lipinski definition) is 2. The van der Waals surface area contributed by atoms with Crippen molar-refractivity contribution in [3.63, 3.8) is 0 Å². The highest BCUT2D eigenvalue weighted by atomic mass is 79.9. The number of aliphatic hydroxyl groups excluding tert-OH is 1. The Kier molecular flexibility index (Phi) is 5.68. The summed E-state index contributed by atoms with van der Waals surface area (Å²) in [7, 11) is 1.93. The Morgan fingerprint density at radius 3 is 2.80 bits per heavy atom. The number of halogens is 1. The first-order chi connectivity index (χ1) is 7.17. The van der Waals surface area contributed by atoms with Crippen molar-refractivity contribution in [2.75, 3.05) is 13.7 Å². The van der Waals surface area contributed by atoms with Gasteiger partial charge >= 0.3 is 0 Å². The van der Waals surface area contributed by atoms with Crippen molar-refractivity contribution in [2.45, 2.75) is 23.6 Å². The van der Waals surface area contributed by atoms with Crippen LogP contribution in [0.2, 0.25) is 0 Å². The van der Waals surface area contributed by atoms with Crippen molar-refractivity contribution < 1.29 is 5.11 Å².